The third-order valence-corrected chi connectivity index (χ3v) is 3.91. The summed E-state index contributed by atoms with van der Waals surface area (Å²) in [6.45, 7) is 8.33. The largest absolute Gasteiger partial charge is 0.340 e. The smallest absolute Gasteiger partial charge is 0.236 e. The zero-order chi connectivity index (χ0) is 14.5. The average Bonchev–Trinajstić information content (AvgIpc) is 2.41. The van der Waals surface area contributed by atoms with E-state index in [1.165, 1.54) is 11.1 Å². The number of nitrogens with zero attached hydrogens (tertiary/aromatic N) is 2. The standard InChI is InChI=1S/C16H25N3O/c1-13-6-4-5-7-15(13)11-18(3)16(20)12-19-9-8-17-14(2)10-19/h4-7,14,17H,8-12H2,1-3H3/t14-/m0/s1. The number of aryl methyl sites for hydroxylation is 1. The lowest BCUT2D eigenvalue weighted by Crippen LogP contribution is -2.51. The molecule has 0 radical (unpaired) electrons. The molecule has 0 aliphatic carbocycles. The molecule has 0 unspecified atom stereocenters. The van der Waals surface area contributed by atoms with E-state index in [1.807, 2.05) is 24.1 Å². The van der Waals surface area contributed by atoms with Crippen molar-refractivity contribution in [2.75, 3.05) is 33.2 Å². The minimum absolute atomic E-state index is 0.197. The van der Waals surface area contributed by atoms with E-state index in [9.17, 15) is 4.79 Å². The van der Waals surface area contributed by atoms with Crippen LogP contribution >= 0.6 is 0 Å². The Hall–Kier alpha value is -1.39. The number of carbonyl (C=O) groups is 1. The molecular formula is C16H25N3O. The van der Waals surface area contributed by atoms with Gasteiger partial charge in [0, 0.05) is 39.3 Å². The third-order valence-electron chi connectivity index (χ3n) is 3.91. The van der Waals surface area contributed by atoms with Crippen LogP contribution in [0.2, 0.25) is 0 Å². The second-order valence-corrected chi connectivity index (χ2v) is 5.77. The minimum atomic E-state index is 0.197. The summed E-state index contributed by atoms with van der Waals surface area (Å²) < 4.78 is 0. The fourth-order valence-corrected chi connectivity index (χ4v) is 2.60. The first-order chi connectivity index (χ1) is 9.56. The van der Waals surface area contributed by atoms with E-state index in [2.05, 4.69) is 36.2 Å². The van der Waals surface area contributed by atoms with Crippen LogP contribution in [-0.4, -0.2) is 55.0 Å². The predicted octanol–water partition coefficient (Wildman–Crippen LogP) is 1.25. The molecule has 1 heterocycles. The summed E-state index contributed by atoms with van der Waals surface area (Å²) in [5.74, 6) is 0.197. The summed E-state index contributed by atoms with van der Waals surface area (Å²) in [6.07, 6.45) is 0. The molecule has 1 amide bonds. The van der Waals surface area contributed by atoms with Crippen LogP contribution in [0.25, 0.3) is 0 Å². The molecule has 0 bridgehead atoms. The summed E-state index contributed by atoms with van der Waals surface area (Å²) in [7, 11) is 1.89. The van der Waals surface area contributed by atoms with E-state index in [0.717, 1.165) is 19.6 Å². The van der Waals surface area contributed by atoms with Crippen LogP contribution in [0, 0.1) is 6.92 Å². The van der Waals surface area contributed by atoms with Crippen LogP contribution in [0.3, 0.4) is 0 Å². The van der Waals surface area contributed by atoms with Gasteiger partial charge in [-0.25, -0.2) is 0 Å². The molecule has 0 saturated carbocycles. The van der Waals surface area contributed by atoms with Crippen LogP contribution in [-0.2, 0) is 11.3 Å². The molecule has 1 aromatic rings. The lowest BCUT2D eigenvalue weighted by Gasteiger charge is -2.32. The molecule has 4 heteroatoms. The number of nitrogens with one attached hydrogen (secondary N) is 1. The van der Waals surface area contributed by atoms with E-state index < -0.39 is 0 Å². The lowest BCUT2D eigenvalue weighted by molar-refractivity contribution is -0.131. The monoisotopic (exact) mass is 275 g/mol. The number of rotatable bonds is 4. The summed E-state index contributed by atoms with van der Waals surface area (Å²) in [6, 6.07) is 8.71. The van der Waals surface area contributed by atoms with Gasteiger partial charge in [-0.3, -0.25) is 9.69 Å². The first-order valence-corrected chi connectivity index (χ1v) is 7.30. The first kappa shape index (κ1) is 15.0. The highest BCUT2D eigenvalue weighted by Gasteiger charge is 2.19. The Labute approximate surface area is 121 Å². The molecular weight excluding hydrogens is 250 g/mol. The van der Waals surface area contributed by atoms with E-state index in [1.54, 1.807) is 0 Å². The highest BCUT2D eigenvalue weighted by molar-refractivity contribution is 5.78. The van der Waals surface area contributed by atoms with Gasteiger partial charge in [0.05, 0.1) is 6.54 Å². The maximum atomic E-state index is 12.3. The van der Waals surface area contributed by atoms with Gasteiger partial charge in [0.2, 0.25) is 5.91 Å². The van der Waals surface area contributed by atoms with Gasteiger partial charge in [0.1, 0.15) is 0 Å². The molecule has 1 atom stereocenters. The number of piperazine rings is 1. The van der Waals surface area contributed by atoms with Crippen LogP contribution in [0.1, 0.15) is 18.1 Å². The number of benzene rings is 1. The van der Waals surface area contributed by atoms with Gasteiger partial charge in [-0.05, 0) is 25.0 Å². The van der Waals surface area contributed by atoms with Gasteiger partial charge < -0.3 is 10.2 Å². The quantitative estimate of drug-likeness (QED) is 0.898. The molecule has 1 saturated heterocycles. The van der Waals surface area contributed by atoms with E-state index in [4.69, 9.17) is 0 Å². The maximum absolute atomic E-state index is 12.3. The van der Waals surface area contributed by atoms with Crippen molar-refractivity contribution in [3.8, 4) is 0 Å². The Morgan fingerprint density at radius 2 is 2.20 bits per heavy atom. The van der Waals surface area contributed by atoms with Gasteiger partial charge in [0.25, 0.3) is 0 Å². The molecule has 0 aromatic heterocycles. The number of amides is 1. The van der Waals surface area contributed by atoms with Crippen molar-refractivity contribution in [3.63, 3.8) is 0 Å². The second kappa shape index (κ2) is 6.86. The van der Waals surface area contributed by atoms with Crippen molar-refractivity contribution < 1.29 is 4.79 Å². The number of hydrogen-bond donors (Lipinski definition) is 1. The highest BCUT2D eigenvalue weighted by Crippen LogP contribution is 2.10. The van der Waals surface area contributed by atoms with Crippen LogP contribution in [0.4, 0.5) is 0 Å². The third kappa shape index (κ3) is 4.05. The highest BCUT2D eigenvalue weighted by atomic mass is 16.2. The van der Waals surface area contributed by atoms with E-state index >= 15 is 0 Å². The average molecular weight is 275 g/mol. The molecule has 4 nitrogen and oxygen atoms in total. The van der Waals surface area contributed by atoms with Crippen molar-refractivity contribution in [2.45, 2.75) is 26.4 Å². The fraction of sp³-hybridized carbons (Fsp3) is 0.562. The van der Waals surface area contributed by atoms with Crippen molar-refractivity contribution in [1.29, 1.82) is 0 Å². The van der Waals surface area contributed by atoms with Crippen LogP contribution < -0.4 is 5.32 Å². The fourth-order valence-electron chi connectivity index (χ4n) is 2.60. The van der Waals surface area contributed by atoms with Crippen molar-refractivity contribution in [2.24, 2.45) is 0 Å². The van der Waals surface area contributed by atoms with Gasteiger partial charge >= 0.3 is 0 Å². The van der Waals surface area contributed by atoms with E-state index in [-0.39, 0.29) is 5.91 Å². The zero-order valence-corrected chi connectivity index (χ0v) is 12.7. The van der Waals surface area contributed by atoms with Gasteiger partial charge in [-0.2, -0.15) is 0 Å². The summed E-state index contributed by atoms with van der Waals surface area (Å²) in [5, 5.41) is 3.40. The molecule has 1 N–H and O–H groups in total. The summed E-state index contributed by atoms with van der Waals surface area (Å²) in [5.41, 5.74) is 2.46. The molecule has 1 aliphatic heterocycles. The predicted molar refractivity (Wildman–Crippen MR) is 81.6 cm³/mol. The Morgan fingerprint density at radius 1 is 1.45 bits per heavy atom. The molecule has 110 valence electrons. The summed E-state index contributed by atoms with van der Waals surface area (Å²) >= 11 is 0. The Kier molecular flexibility index (Phi) is 5.15. The topological polar surface area (TPSA) is 35.6 Å². The first-order valence-electron chi connectivity index (χ1n) is 7.30. The summed E-state index contributed by atoms with van der Waals surface area (Å²) in [4.78, 5) is 16.4. The van der Waals surface area contributed by atoms with Crippen molar-refractivity contribution >= 4 is 5.91 Å². The Balaban J connectivity index is 1.87. The molecule has 1 aliphatic rings. The molecule has 20 heavy (non-hydrogen) atoms. The maximum Gasteiger partial charge on any atom is 0.236 e. The molecule has 1 aromatic carbocycles. The lowest BCUT2D eigenvalue weighted by atomic mass is 10.1. The van der Waals surface area contributed by atoms with Crippen molar-refractivity contribution in [1.82, 2.24) is 15.1 Å². The Bertz CT molecular complexity index is 461. The van der Waals surface area contributed by atoms with Gasteiger partial charge in [-0.1, -0.05) is 24.3 Å². The Morgan fingerprint density at radius 3 is 2.90 bits per heavy atom. The van der Waals surface area contributed by atoms with Crippen LogP contribution in [0.15, 0.2) is 24.3 Å². The van der Waals surface area contributed by atoms with Gasteiger partial charge in [-0.15, -0.1) is 0 Å². The number of likely N-dealkylation sites (N-methyl/N-ethyl adjacent to an activating group) is 1. The number of hydrogen-bond acceptors (Lipinski definition) is 3. The molecule has 2 rings (SSSR count). The second-order valence-electron chi connectivity index (χ2n) is 5.77. The molecule has 1 fully saturated rings. The minimum Gasteiger partial charge on any atom is -0.340 e. The van der Waals surface area contributed by atoms with Crippen molar-refractivity contribution in [3.05, 3.63) is 35.4 Å². The zero-order valence-electron chi connectivity index (χ0n) is 12.7. The van der Waals surface area contributed by atoms with Crippen LogP contribution in [0.5, 0.6) is 0 Å². The van der Waals surface area contributed by atoms with Gasteiger partial charge in [0.15, 0.2) is 0 Å². The SMILES string of the molecule is Cc1ccccc1CN(C)C(=O)CN1CCN[C@@H](C)C1. The molecule has 0 spiro atoms. The van der Waals surface area contributed by atoms with E-state index in [0.29, 0.717) is 19.1 Å². The number of carbonyl (C=O) groups excluding carboxylic acids is 1. The normalized spacial score (nSPS) is 19.9.